The third-order valence-electron chi connectivity index (χ3n) is 6.51. The maximum atomic E-state index is 12.4. The summed E-state index contributed by atoms with van der Waals surface area (Å²) in [5.41, 5.74) is 4.26. The maximum absolute atomic E-state index is 12.4. The van der Waals surface area contributed by atoms with E-state index in [4.69, 9.17) is 0 Å². The van der Waals surface area contributed by atoms with Gasteiger partial charge < -0.3 is 21.3 Å². The summed E-state index contributed by atoms with van der Waals surface area (Å²) in [6.07, 6.45) is 1.66. The van der Waals surface area contributed by atoms with Gasteiger partial charge in [0.05, 0.1) is 0 Å². The summed E-state index contributed by atoms with van der Waals surface area (Å²) in [6.45, 7) is 0.882. The van der Waals surface area contributed by atoms with Crippen LogP contribution in [0, 0.1) is 0 Å². The van der Waals surface area contributed by atoms with E-state index in [1.54, 1.807) is 48.5 Å². The van der Waals surface area contributed by atoms with Gasteiger partial charge in [-0.15, -0.1) is 0 Å². The number of benzene rings is 4. The molecule has 0 aliphatic carbocycles. The number of hydrogen-bond donors (Lipinski definition) is 4. The average molecular weight is 563 g/mol. The van der Waals surface area contributed by atoms with Crippen LogP contribution in [0.5, 0.6) is 0 Å². The Morgan fingerprint density at radius 3 is 1.17 bits per heavy atom. The molecule has 0 bridgehead atoms. The molecule has 4 aromatic rings. The van der Waals surface area contributed by atoms with E-state index < -0.39 is 0 Å². The molecule has 0 radical (unpaired) electrons. The van der Waals surface area contributed by atoms with Crippen LogP contribution in [0.4, 0.5) is 11.4 Å². The van der Waals surface area contributed by atoms with Crippen LogP contribution in [-0.4, -0.2) is 23.6 Å². The normalized spacial score (nSPS) is 10.4. The molecule has 4 amide bonds. The first-order valence-corrected chi connectivity index (χ1v) is 13.9. The lowest BCUT2D eigenvalue weighted by molar-refractivity contribution is -0.118. The first-order chi connectivity index (χ1) is 20.5. The van der Waals surface area contributed by atoms with E-state index in [0.29, 0.717) is 48.4 Å². The standard InChI is InChI=1S/C34H34N4O4/c39-31(37-29-19-15-27(16-20-29)33(41)35-23-25-9-3-1-4-10-25)13-7-8-14-32(40)38-30-21-17-28(18-22-30)34(42)36-24-26-11-5-2-6-12-26/h1-6,9-12,15-22H,7-8,13-14,23-24H2,(H,35,41)(H,36,42)(H,37,39)(H,38,40). The molecule has 4 aromatic carbocycles. The van der Waals surface area contributed by atoms with Crippen LogP contribution in [0.25, 0.3) is 0 Å². The van der Waals surface area contributed by atoms with E-state index in [2.05, 4.69) is 21.3 Å². The van der Waals surface area contributed by atoms with Crippen molar-refractivity contribution in [3.63, 3.8) is 0 Å². The van der Waals surface area contributed by atoms with Crippen molar-refractivity contribution < 1.29 is 19.2 Å². The van der Waals surface area contributed by atoms with Gasteiger partial charge in [-0.1, -0.05) is 60.7 Å². The van der Waals surface area contributed by atoms with Gasteiger partial charge in [0.1, 0.15) is 0 Å². The molecule has 0 atom stereocenters. The Kier molecular flexibility index (Phi) is 11.0. The molecular weight excluding hydrogens is 528 g/mol. The zero-order chi connectivity index (χ0) is 29.6. The number of amides is 4. The highest BCUT2D eigenvalue weighted by Gasteiger charge is 2.09. The van der Waals surface area contributed by atoms with Crippen LogP contribution in [0.1, 0.15) is 57.5 Å². The predicted octanol–water partition coefficient (Wildman–Crippen LogP) is 5.68. The molecule has 4 rings (SSSR count). The Hall–Kier alpha value is -5.24. The summed E-state index contributed by atoms with van der Waals surface area (Å²) in [6, 6.07) is 32.8. The first-order valence-electron chi connectivity index (χ1n) is 13.9. The lowest BCUT2D eigenvalue weighted by Crippen LogP contribution is -2.22. The Bertz CT molecular complexity index is 1360. The van der Waals surface area contributed by atoms with Crippen molar-refractivity contribution in [3.8, 4) is 0 Å². The highest BCUT2D eigenvalue weighted by molar-refractivity contribution is 5.96. The van der Waals surface area contributed by atoms with Crippen molar-refractivity contribution in [2.45, 2.75) is 38.8 Å². The summed E-state index contributed by atoms with van der Waals surface area (Å²) < 4.78 is 0. The van der Waals surface area contributed by atoms with Crippen molar-refractivity contribution >= 4 is 35.0 Å². The third-order valence-corrected chi connectivity index (χ3v) is 6.51. The summed E-state index contributed by atoms with van der Waals surface area (Å²) >= 11 is 0. The second-order valence-corrected chi connectivity index (χ2v) is 9.79. The Labute approximate surface area is 245 Å². The van der Waals surface area contributed by atoms with Crippen molar-refractivity contribution in [3.05, 3.63) is 131 Å². The van der Waals surface area contributed by atoms with Crippen molar-refractivity contribution in [1.29, 1.82) is 0 Å². The molecule has 0 aromatic heterocycles. The molecule has 0 spiro atoms. The molecule has 0 unspecified atom stereocenters. The third kappa shape index (κ3) is 9.75. The second kappa shape index (κ2) is 15.5. The highest BCUT2D eigenvalue weighted by atomic mass is 16.2. The smallest absolute Gasteiger partial charge is 0.251 e. The van der Waals surface area contributed by atoms with Crippen LogP contribution in [0.15, 0.2) is 109 Å². The molecule has 8 nitrogen and oxygen atoms in total. The monoisotopic (exact) mass is 562 g/mol. The van der Waals surface area contributed by atoms with Crippen molar-refractivity contribution in [2.24, 2.45) is 0 Å². The number of anilines is 2. The van der Waals surface area contributed by atoms with E-state index in [-0.39, 0.29) is 36.5 Å². The van der Waals surface area contributed by atoms with E-state index in [1.165, 1.54) is 0 Å². The zero-order valence-corrected chi connectivity index (χ0v) is 23.3. The van der Waals surface area contributed by atoms with Gasteiger partial charge in [-0.25, -0.2) is 0 Å². The van der Waals surface area contributed by atoms with E-state index in [0.717, 1.165) is 11.1 Å². The molecule has 0 fully saturated rings. The Balaban J connectivity index is 1.10. The zero-order valence-electron chi connectivity index (χ0n) is 23.3. The maximum Gasteiger partial charge on any atom is 0.251 e. The Morgan fingerprint density at radius 1 is 0.452 bits per heavy atom. The molecule has 0 saturated heterocycles. The van der Waals surface area contributed by atoms with Gasteiger partial charge in [-0.05, 0) is 72.5 Å². The number of carbonyl (C=O) groups excluding carboxylic acids is 4. The number of unbranched alkanes of at least 4 members (excludes halogenated alkanes) is 1. The topological polar surface area (TPSA) is 116 Å². The molecular formula is C34H34N4O4. The van der Waals surface area contributed by atoms with E-state index in [9.17, 15) is 19.2 Å². The quantitative estimate of drug-likeness (QED) is 0.157. The van der Waals surface area contributed by atoms with Gasteiger partial charge in [0.2, 0.25) is 11.8 Å². The van der Waals surface area contributed by atoms with E-state index >= 15 is 0 Å². The molecule has 0 heterocycles. The van der Waals surface area contributed by atoms with Gasteiger partial charge in [0, 0.05) is 48.4 Å². The summed E-state index contributed by atoms with van der Waals surface area (Å²) in [5, 5.41) is 11.4. The summed E-state index contributed by atoms with van der Waals surface area (Å²) in [7, 11) is 0. The van der Waals surface area contributed by atoms with E-state index in [1.807, 2.05) is 60.7 Å². The van der Waals surface area contributed by atoms with Crippen molar-refractivity contribution in [1.82, 2.24) is 10.6 Å². The van der Waals surface area contributed by atoms with Crippen LogP contribution in [0.2, 0.25) is 0 Å². The minimum atomic E-state index is -0.185. The number of hydrogen-bond acceptors (Lipinski definition) is 4. The molecule has 214 valence electrons. The highest BCUT2D eigenvalue weighted by Crippen LogP contribution is 2.13. The van der Waals surface area contributed by atoms with Crippen molar-refractivity contribution in [2.75, 3.05) is 10.6 Å². The van der Waals surface area contributed by atoms with Gasteiger partial charge in [-0.3, -0.25) is 19.2 Å². The van der Waals surface area contributed by atoms with Gasteiger partial charge >= 0.3 is 0 Å². The molecule has 4 N–H and O–H groups in total. The van der Waals surface area contributed by atoms with Gasteiger partial charge in [0.15, 0.2) is 0 Å². The number of rotatable bonds is 13. The lowest BCUT2D eigenvalue weighted by atomic mass is 10.1. The van der Waals surface area contributed by atoms with Gasteiger partial charge in [0.25, 0.3) is 11.8 Å². The fourth-order valence-corrected chi connectivity index (χ4v) is 4.19. The molecule has 42 heavy (non-hydrogen) atoms. The predicted molar refractivity (Wildman–Crippen MR) is 164 cm³/mol. The Morgan fingerprint density at radius 2 is 0.810 bits per heavy atom. The average Bonchev–Trinajstić information content (AvgIpc) is 3.02. The second-order valence-electron chi connectivity index (χ2n) is 9.79. The summed E-state index contributed by atoms with van der Waals surface area (Å²) in [5.74, 6) is -0.679. The first kappa shape index (κ1) is 29.7. The van der Waals surface area contributed by atoms with Crippen LogP contribution in [0.3, 0.4) is 0 Å². The fourth-order valence-electron chi connectivity index (χ4n) is 4.19. The molecule has 0 aliphatic heterocycles. The van der Waals surface area contributed by atoms with Gasteiger partial charge in [-0.2, -0.15) is 0 Å². The number of nitrogens with one attached hydrogen (secondary N) is 4. The lowest BCUT2D eigenvalue weighted by Gasteiger charge is -2.09. The largest absolute Gasteiger partial charge is 0.348 e. The SMILES string of the molecule is O=C(CCCCC(=O)Nc1ccc(C(=O)NCc2ccccc2)cc1)Nc1ccc(C(=O)NCc2ccccc2)cc1. The number of carbonyl (C=O) groups is 4. The summed E-state index contributed by atoms with van der Waals surface area (Å²) in [4.78, 5) is 49.4. The fraction of sp³-hybridized carbons (Fsp3) is 0.176. The minimum Gasteiger partial charge on any atom is -0.348 e. The minimum absolute atomic E-state index is 0.155. The molecule has 8 heteroatoms. The molecule has 0 aliphatic rings. The van der Waals surface area contributed by atoms with Crippen LogP contribution < -0.4 is 21.3 Å². The van der Waals surface area contributed by atoms with Crippen LogP contribution in [-0.2, 0) is 22.7 Å². The van der Waals surface area contributed by atoms with Crippen LogP contribution >= 0.6 is 0 Å². The molecule has 0 saturated carbocycles.